The molecule has 0 heterocycles. The van der Waals surface area contributed by atoms with Crippen molar-refractivity contribution in [2.75, 3.05) is 7.11 Å². The van der Waals surface area contributed by atoms with Gasteiger partial charge in [-0.25, -0.2) is 0 Å². The summed E-state index contributed by atoms with van der Waals surface area (Å²) in [6.07, 6.45) is 16.0. The van der Waals surface area contributed by atoms with Gasteiger partial charge in [-0.15, -0.1) is 0 Å². The lowest BCUT2D eigenvalue weighted by molar-refractivity contribution is 0.210. The molecule has 2 aliphatic rings. The van der Waals surface area contributed by atoms with Gasteiger partial charge in [0.15, 0.2) is 0 Å². The molecule has 26 heavy (non-hydrogen) atoms. The summed E-state index contributed by atoms with van der Waals surface area (Å²) in [5.74, 6) is 4.08. The maximum atomic E-state index is 5.86. The van der Waals surface area contributed by atoms with E-state index in [4.69, 9.17) is 4.74 Å². The van der Waals surface area contributed by atoms with E-state index in [0.29, 0.717) is 0 Å². The highest BCUT2D eigenvalue weighted by molar-refractivity contribution is 5.54. The molecule has 0 N–H and O–H groups in total. The van der Waals surface area contributed by atoms with Gasteiger partial charge < -0.3 is 4.74 Å². The zero-order valence-corrected chi connectivity index (χ0v) is 17.9. The Balaban J connectivity index is 1.61. The van der Waals surface area contributed by atoms with Crippen LogP contribution >= 0.6 is 0 Å². The Bertz CT molecular complexity index is 601. The van der Waals surface area contributed by atoms with Gasteiger partial charge >= 0.3 is 0 Å². The predicted octanol–water partition coefficient (Wildman–Crippen LogP) is 7.25. The predicted molar refractivity (Wildman–Crippen MR) is 112 cm³/mol. The minimum atomic E-state index is 0.853. The second-order valence-electron chi connectivity index (χ2n) is 9.34. The van der Waals surface area contributed by atoms with E-state index >= 15 is 0 Å². The summed E-state index contributed by atoms with van der Waals surface area (Å²) in [7, 11) is 1.85. The lowest BCUT2D eigenvalue weighted by atomic mass is 9.73. The molecule has 1 aromatic rings. The molecule has 0 radical (unpaired) electrons. The number of ether oxygens (including phenoxy) is 1. The summed E-state index contributed by atoms with van der Waals surface area (Å²) in [5.41, 5.74) is 7.17. The van der Waals surface area contributed by atoms with Gasteiger partial charge in [0.05, 0.1) is 7.11 Å². The molecule has 1 aromatic carbocycles. The van der Waals surface area contributed by atoms with Gasteiger partial charge in [0, 0.05) is 0 Å². The van der Waals surface area contributed by atoms with Crippen LogP contribution in [0.3, 0.4) is 0 Å². The summed E-state index contributed by atoms with van der Waals surface area (Å²) in [5, 5.41) is 0. The molecule has 2 aliphatic carbocycles. The molecule has 0 saturated heterocycles. The monoisotopic (exact) mass is 356 g/mol. The highest BCUT2D eigenvalue weighted by Crippen LogP contribution is 2.40. The standard InChI is InChI=1S/C25H40O/c1-17-18(2)20(4)25(26-5)24(19(17)3)16-23-13-11-22(12-14-23)15-21-9-7-6-8-10-21/h21-23H,6-16H2,1-5H3. The summed E-state index contributed by atoms with van der Waals surface area (Å²) in [6, 6.07) is 0. The molecule has 3 rings (SSSR count). The maximum absolute atomic E-state index is 5.86. The quantitative estimate of drug-likeness (QED) is 0.540. The second-order valence-corrected chi connectivity index (χ2v) is 9.34. The average Bonchev–Trinajstić information content (AvgIpc) is 2.67. The fourth-order valence-corrected chi connectivity index (χ4v) is 5.73. The molecule has 2 fully saturated rings. The molecule has 0 atom stereocenters. The smallest absolute Gasteiger partial charge is 0.125 e. The third kappa shape index (κ3) is 4.29. The lowest BCUT2D eigenvalue weighted by Crippen LogP contribution is -2.20. The van der Waals surface area contributed by atoms with E-state index in [1.807, 2.05) is 7.11 Å². The molecule has 2 saturated carbocycles. The third-order valence-electron chi connectivity index (χ3n) is 7.81. The van der Waals surface area contributed by atoms with E-state index in [-0.39, 0.29) is 0 Å². The first kappa shape index (κ1) is 19.8. The van der Waals surface area contributed by atoms with Gasteiger partial charge in [0.2, 0.25) is 0 Å². The Kier molecular flexibility index (Phi) is 6.70. The molecule has 0 spiro atoms. The van der Waals surface area contributed by atoms with Crippen LogP contribution in [-0.2, 0) is 6.42 Å². The van der Waals surface area contributed by atoms with Crippen LogP contribution in [0.2, 0.25) is 0 Å². The number of benzene rings is 1. The Morgan fingerprint density at radius 2 is 1.19 bits per heavy atom. The van der Waals surface area contributed by atoms with Crippen molar-refractivity contribution in [1.82, 2.24) is 0 Å². The van der Waals surface area contributed by atoms with E-state index < -0.39 is 0 Å². The Labute approximate surface area is 161 Å². The Hall–Kier alpha value is -0.980. The first-order valence-corrected chi connectivity index (χ1v) is 11.1. The van der Waals surface area contributed by atoms with Crippen LogP contribution in [-0.4, -0.2) is 7.11 Å². The number of hydrogen-bond acceptors (Lipinski definition) is 1. The molecular weight excluding hydrogens is 316 g/mol. The number of rotatable bonds is 5. The summed E-state index contributed by atoms with van der Waals surface area (Å²) in [4.78, 5) is 0. The molecule has 0 unspecified atom stereocenters. The van der Waals surface area contributed by atoms with Crippen molar-refractivity contribution in [3.63, 3.8) is 0 Å². The molecule has 0 aromatic heterocycles. The first-order chi connectivity index (χ1) is 12.5. The lowest BCUT2D eigenvalue weighted by Gasteiger charge is -2.33. The fourth-order valence-electron chi connectivity index (χ4n) is 5.73. The molecule has 1 heteroatoms. The van der Waals surface area contributed by atoms with Crippen molar-refractivity contribution in [2.24, 2.45) is 17.8 Å². The second kappa shape index (κ2) is 8.81. The summed E-state index contributed by atoms with van der Waals surface area (Å²) >= 11 is 0. The minimum absolute atomic E-state index is 0.853. The highest BCUT2D eigenvalue weighted by atomic mass is 16.5. The van der Waals surface area contributed by atoms with Gasteiger partial charge in [-0.1, -0.05) is 44.9 Å². The van der Waals surface area contributed by atoms with E-state index in [9.17, 15) is 0 Å². The van der Waals surface area contributed by atoms with E-state index in [2.05, 4.69) is 27.7 Å². The normalized spacial score (nSPS) is 24.7. The maximum Gasteiger partial charge on any atom is 0.125 e. The van der Waals surface area contributed by atoms with Crippen molar-refractivity contribution in [3.8, 4) is 5.75 Å². The highest BCUT2D eigenvalue weighted by Gasteiger charge is 2.26. The Morgan fingerprint density at radius 3 is 1.81 bits per heavy atom. The SMILES string of the molecule is COc1c(C)c(C)c(C)c(C)c1CC1CCC(CC2CCCCC2)CC1. The van der Waals surface area contributed by atoms with Gasteiger partial charge in [-0.3, -0.25) is 0 Å². The molecule has 0 amide bonds. The van der Waals surface area contributed by atoms with E-state index in [1.165, 1.54) is 98.4 Å². The molecule has 0 aliphatic heterocycles. The number of methoxy groups -OCH3 is 1. The molecular formula is C25H40O. The topological polar surface area (TPSA) is 9.23 Å². The summed E-state index contributed by atoms with van der Waals surface area (Å²) < 4.78 is 5.86. The molecule has 1 nitrogen and oxygen atoms in total. The van der Waals surface area contributed by atoms with Gasteiger partial charge in [0.25, 0.3) is 0 Å². The van der Waals surface area contributed by atoms with Crippen molar-refractivity contribution in [3.05, 3.63) is 27.8 Å². The Morgan fingerprint density at radius 1 is 0.654 bits per heavy atom. The van der Waals surface area contributed by atoms with Crippen molar-refractivity contribution in [2.45, 2.75) is 98.3 Å². The number of hydrogen-bond donors (Lipinski definition) is 0. The van der Waals surface area contributed by atoms with Gasteiger partial charge in [-0.05, 0) is 98.9 Å². The van der Waals surface area contributed by atoms with Crippen LogP contribution in [0.4, 0.5) is 0 Å². The van der Waals surface area contributed by atoms with Crippen LogP contribution in [0.15, 0.2) is 0 Å². The van der Waals surface area contributed by atoms with E-state index in [0.717, 1.165) is 23.5 Å². The first-order valence-electron chi connectivity index (χ1n) is 11.1. The van der Waals surface area contributed by atoms with E-state index in [1.54, 1.807) is 0 Å². The third-order valence-corrected chi connectivity index (χ3v) is 7.81. The van der Waals surface area contributed by atoms with Gasteiger partial charge in [0.1, 0.15) is 5.75 Å². The average molecular weight is 357 g/mol. The zero-order valence-electron chi connectivity index (χ0n) is 17.9. The minimum Gasteiger partial charge on any atom is -0.496 e. The fraction of sp³-hybridized carbons (Fsp3) is 0.760. The van der Waals surface area contributed by atoms with Crippen molar-refractivity contribution in [1.29, 1.82) is 0 Å². The summed E-state index contributed by atoms with van der Waals surface area (Å²) in [6.45, 7) is 9.04. The zero-order chi connectivity index (χ0) is 18.7. The van der Waals surface area contributed by atoms with Crippen LogP contribution in [0.1, 0.15) is 92.0 Å². The molecule has 0 bridgehead atoms. The largest absolute Gasteiger partial charge is 0.496 e. The van der Waals surface area contributed by atoms with Crippen LogP contribution in [0, 0.1) is 45.4 Å². The van der Waals surface area contributed by atoms with Crippen molar-refractivity contribution >= 4 is 0 Å². The molecule has 146 valence electrons. The van der Waals surface area contributed by atoms with Gasteiger partial charge in [-0.2, -0.15) is 0 Å². The van der Waals surface area contributed by atoms with Crippen LogP contribution in [0.25, 0.3) is 0 Å². The van der Waals surface area contributed by atoms with Crippen LogP contribution < -0.4 is 4.74 Å². The van der Waals surface area contributed by atoms with Crippen molar-refractivity contribution < 1.29 is 4.74 Å². The van der Waals surface area contributed by atoms with Crippen LogP contribution in [0.5, 0.6) is 5.75 Å².